The molecule has 1 aromatic carbocycles. The van der Waals surface area contributed by atoms with E-state index in [9.17, 15) is 22.4 Å². The molecule has 0 saturated carbocycles. The first-order chi connectivity index (χ1) is 9.78. The van der Waals surface area contributed by atoms with Crippen LogP contribution in [0.25, 0.3) is 0 Å². The second-order valence-electron chi connectivity index (χ2n) is 4.74. The van der Waals surface area contributed by atoms with Gasteiger partial charge in [0.1, 0.15) is 5.75 Å². The van der Waals surface area contributed by atoms with Crippen molar-refractivity contribution in [2.75, 3.05) is 18.4 Å². The van der Waals surface area contributed by atoms with Crippen LogP contribution in [-0.4, -0.2) is 31.0 Å². The van der Waals surface area contributed by atoms with Crippen LogP contribution in [0.2, 0.25) is 0 Å². The topological polar surface area (TPSA) is 50.4 Å². The number of anilines is 1. The summed E-state index contributed by atoms with van der Waals surface area (Å²) in [6.45, 7) is 0.810. The van der Waals surface area contributed by atoms with Crippen LogP contribution in [0, 0.1) is 0 Å². The van der Waals surface area contributed by atoms with Gasteiger partial charge in [-0.1, -0.05) is 0 Å². The van der Waals surface area contributed by atoms with Crippen LogP contribution >= 0.6 is 0 Å². The number of nitrogens with one attached hydrogen (secondary N) is 2. The van der Waals surface area contributed by atoms with Crippen molar-refractivity contribution in [2.24, 2.45) is 0 Å². The highest BCUT2D eigenvalue weighted by Gasteiger charge is 2.39. The first kappa shape index (κ1) is 15.6. The van der Waals surface area contributed by atoms with Gasteiger partial charge in [0.2, 0.25) is 0 Å². The van der Waals surface area contributed by atoms with Gasteiger partial charge >= 0.3 is 6.36 Å². The zero-order valence-corrected chi connectivity index (χ0v) is 11.0. The molecule has 21 heavy (non-hydrogen) atoms. The molecule has 4 nitrogen and oxygen atoms in total. The Labute approximate surface area is 118 Å². The van der Waals surface area contributed by atoms with Crippen molar-refractivity contribution in [3.8, 4) is 5.75 Å². The lowest BCUT2D eigenvalue weighted by Gasteiger charge is -2.28. The molecule has 1 aromatic rings. The molecule has 2 rings (SSSR count). The molecule has 0 aliphatic carbocycles. The summed E-state index contributed by atoms with van der Waals surface area (Å²) in [5, 5.41) is 5.31. The molecule has 8 heteroatoms. The van der Waals surface area contributed by atoms with Crippen LogP contribution in [0.4, 0.5) is 23.2 Å². The normalized spacial score (nSPS) is 18.1. The minimum atomic E-state index is -4.77. The van der Waals surface area contributed by atoms with E-state index in [1.54, 1.807) is 0 Å². The number of carbonyl (C=O) groups is 1. The highest BCUT2D eigenvalue weighted by atomic mass is 19.4. The molecule has 1 aliphatic heterocycles. The molecule has 0 bridgehead atoms. The maximum absolute atomic E-state index is 14.3. The van der Waals surface area contributed by atoms with E-state index in [1.165, 1.54) is 12.1 Å². The van der Waals surface area contributed by atoms with Gasteiger partial charge in [-0.05, 0) is 37.4 Å². The number of ether oxygens (including phenoxy) is 1. The van der Waals surface area contributed by atoms with E-state index < -0.39 is 23.7 Å². The zero-order chi connectivity index (χ0) is 15.5. The number of halogens is 4. The Bertz CT molecular complexity index is 496. The maximum atomic E-state index is 14.3. The first-order valence-corrected chi connectivity index (χ1v) is 6.35. The smallest absolute Gasteiger partial charge is 0.406 e. The lowest BCUT2D eigenvalue weighted by molar-refractivity contribution is -0.274. The highest BCUT2D eigenvalue weighted by Crippen LogP contribution is 2.27. The molecule has 1 heterocycles. The number of piperidine rings is 1. The van der Waals surface area contributed by atoms with Crippen LogP contribution < -0.4 is 15.4 Å². The average Bonchev–Trinajstić information content (AvgIpc) is 2.40. The maximum Gasteiger partial charge on any atom is 0.573 e. The van der Waals surface area contributed by atoms with E-state index in [2.05, 4.69) is 15.4 Å². The van der Waals surface area contributed by atoms with E-state index in [0.717, 1.165) is 12.1 Å². The summed E-state index contributed by atoms with van der Waals surface area (Å²) in [4.78, 5) is 11.9. The Morgan fingerprint density at radius 3 is 2.29 bits per heavy atom. The molecule has 1 fully saturated rings. The molecule has 0 radical (unpaired) electrons. The fourth-order valence-corrected chi connectivity index (χ4v) is 2.03. The number of rotatable bonds is 3. The van der Waals surface area contributed by atoms with Crippen molar-refractivity contribution < 1.29 is 27.1 Å². The number of hydrogen-bond donors (Lipinski definition) is 2. The lowest BCUT2D eigenvalue weighted by atomic mass is 9.93. The second-order valence-corrected chi connectivity index (χ2v) is 4.74. The molecule has 0 spiro atoms. The quantitative estimate of drug-likeness (QED) is 0.844. The molecule has 2 N–H and O–H groups in total. The summed E-state index contributed by atoms with van der Waals surface area (Å²) in [5.41, 5.74) is -1.74. The number of benzene rings is 1. The average molecular weight is 306 g/mol. The largest absolute Gasteiger partial charge is 0.573 e. The van der Waals surface area contributed by atoms with Crippen LogP contribution in [0.5, 0.6) is 5.75 Å². The Balaban J connectivity index is 1.98. The van der Waals surface area contributed by atoms with Gasteiger partial charge in [-0.3, -0.25) is 4.79 Å². The fourth-order valence-electron chi connectivity index (χ4n) is 2.03. The number of alkyl halides is 4. The molecule has 1 amide bonds. The van der Waals surface area contributed by atoms with Gasteiger partial charge < -0.3 is 15.4 Å². The third kappa shape index (κ3) is 4.32. The number of amides is 1. The van der Waals surface area contributed by atoms with Gasteiger partial charge in [0.15, 0.2) is 5.67 Å². The minimum Gasteiger partial charge on any atom is -0.406 e. The van der Waals surface area contributed by atoms with E-state index in [0.29, 0.717) is 13.1 Å². The van der Waals surface area contributed by atoms with E-state index in [1.807, 2.05) is 0 Å². The van der Waals surface area contributed by atoms with Crippen molar-refractivity contribution in [1.29, 1.82) is 0 Å². The van der Waals surface area contributed by atoms with Gasteiger partial charge in [-0.2, -0.15) is 0 Å². The second kappa shape index (κ2) is 5.88. The fraction of sp³-hybridized carbons (Fsp3) is 0.462. The summed E-state index contributed by atoms with van der Waals surface area (Å²) in [5.74, 6) is -1.19. The molecule has 0 aromatic heterocycles. The predicted molar refractivity (Wildman–Crippen MR) is 67.7 cm³/mol. The summed E-state index contributed by atoms with van der Waals surface area (Å²) >= 11 is 0. The van der Waals surface area contributed by atoms with Gasteiger partial charge in [0.25, 0.3) is 5.91 Å². The Morgan fingerprint density at radius 1 is 1.19 bits per heavy atom. The van der Waals surface area contributed by atoms with E-state index >= 15 is 0 Å². The number of hydrogen-bond acceptors (Lipinski definition) is 3. The molecule has 0 atom stereocenters. The standard InChI is InChI=1S/C13H14F4N2O2/c14-12(5-7-18-8-6-12)11(20)19-9-1-3-10(4-2-9)21-13(15,16)17/h1-4,18H,5-8H2,(H,19,20). The zero-order valence-electron chi connectivity index (χ0n) is 11.0. The molecule has 116 valence electrons. The van der Waals surface area contributed by atoms with Crippen molar-refractivity contribution in [2.45, 2.75) is 24.9 Å². The Kier molecular flexibility index (Phi) is 4.36. The monoisotopic (exact) mass is 306 g/mol. The highest BCUT2D eigenvalue weighted by molar-refractivity contribution is 5.97. The predicted octanol–water partition coefficient (Wildman–Crippen LogP) is 2.62. The van der Waals surface area contributed by atoms with Crippen LogP contribution in [0.3, 0.4) is 0 Å². The summed E-state index contributed by atoms with van der Waals surface area (Å²) in [6.07, 6.45) is -4.65. The SMILES string of the molecule is O=C(Nc1ccc(OC(F)(F)F)cc1)C1(F)CCNCC1. The van der Waals surface area contributed by atoms with Crippen LogP contribution in [-0.2, 0) is 4.79 Å². The van der Waals surface area contributed by atoms with E-state index in [4.69, 9.17) is 0 Å². The van der Waals surface area contributed by atoms with Gasteiger partial charge in [-0.15, -0.1) is 13.2 Å². The summed E-state index contributed by atoms with van der Waals surface area (Å²) in [7, 11) is 0. The van der Waals surface area contributed by atoms with Gasteiger partial charge in [0, 0.05) is 18.5 Å². The van der Waals surface area contributed by atoms with Crippen molar-refractivity contribution in [1.82, 2.24) is 5.32 Å². The van der Waals surface area contributed by atoms with Gasteiger partial charge in [-0.25, -0.2) is 4.39 Å². The first-order valence-electron chi connectivity index (χ1n) is 6.35. The summed E-state index contributed by atoms with van der Waals surface area (Å²) < 4.78 is 54.0. The lowest BCUT2D eigenvalue weighted by Crippen LogP contribution is -2.47. The summed E-state index contributed by atoms with van der Waals surface area (Å²) in [6, 6.07) is 4.56. The molecule has 1 aliphatic rings. The molecule has 1 saturated heterocycles. The van der Waals surface area contributed by atoms with Gasteiger partial charge in [0.05, 0.1) is 0 Å². The third-order valence-electron chi connectivity index (χ3n) is 3.15. The Morgan fingerprint density at radius 2 is 1.76 bits per heavy atom. The minimum absolute atomic E-state index is 0.0636. The molecule has 0 unspecified atom stereocenters. The van der Waals surface area contributed by atoms with Crippen molar-refractivity contribution in [3.63, 3.8) is 0 Å². The van der Waals surface area contributed by atoms with Crippen molar-refractivity contribution >= 4 is 11.6 Å². The van der Waals surface area contributed by atoms with Crippen LogP contribution in [0.15, 0.2) is 24.3 Å². The molecular formula is C13H14F4N2O2. The van der Waals surface area contributed by atoms with Crippen molar-refractivity contribution in [3.05, 3.63) is 24.3 Å². The van der Waals surface area contributed by atoms with E-state index in [-0.39, 0.29) is 18.5 Å². The Hall–Kier alpha value is -1.83. The van der Waals surface area contributed by atoms with Crippen LogP contribution in [0.1, 0.15) is 12.8 Å². The third-order valence-corrected chi connectivity index (χ3v) is 3.15. The molecular weight excluding hydrogens is 292 g/mol. The number of carbonyl (C=O) groups excluding carboxylic acids is 1.